The van der Waals surface area contributed by atoms with Crippen LogP contribution in [0.2, 0.25) is 0 Å². The summed E-state index contributed by atoms with van der Waals surface area (Å²) in [6, 6.07) is 9.14. The molecule has 1 aromatic carbocycles. The number of hydrogen-bond donors (Lipinski definition) is 1. The SMILES string of the molecule is COc1ccccc1Cc1cncc(C(=O)N[C@@H]2CCS(=O)(=O)C2)c1. The molecule has 0 aliphatic carbocycles. The summed E-state index contributed by atoms with van der Waals surface area (Å²) in [5.74, 6) is 0.627. The van der Waals surface area contributed by atoms with Crippen LogP contribution in [0.5, 0.6) is 5.75 Å². The van der Waals surface area contributed by atoms with Crippen LogP contribution >= 0.6 is 0 Å². The zero-order valence-electron chi connectivity index (χ0n) is 13.9. The number of methoxy groups -OCH3 is 1. The maximum Gasteiger partial charge on any atom is 0.253 e. The second-order valence-corrected chi connectivity index (χ2v) is 8.37. The molecule has 0 bridgehead atoms. The molecule has 132 valence electrons. The summed E-state index contributed by atoms with van der Waals surface area (Å²) in [6.07, 6.45) is 4.26. The highest BCUT2D eigenvalue weighted by Gasteiger charge is 2.29. The van der Waals surface area contributed by atoms with Gasteiger partial charge >= 0.3 is 0 Å². The molecule has 3 rings (SSSR count). The maximum atomic E-state index is 12.4. The molecular formula is C18H20N2O4S. The van der Waals surface area contributed by atoms with Crippen LogP contribution < -0.4 is 10.1 Å². The van der Waals surface area contributed by atoms with E-state index >= 15 is 0 Å². The smallest absolute Gasteiger partial charge is 0.253 e. The number of rotatable bonds is 5. The van der Waals surface area contributed by atoms with E-state index in [4.69, 9.17) is 4.74 Å². The van der Waals surface area contributed by atoms with E-state index < -0.39 is 9.84 Å². The van der Waals surface area contributed by atoms with Gasteiger partial charge < -0.3 is 10.1 Å². The summed E-state index contributed by atoms with van der Waals surface area (Å²) in [4.78, 5) is 16.5. The van der Waals surface area contributed by atoms with Gasteiger partial charge in [0.25, 0.3) is 5.91 Å². The van der Waals surface area contributed by atoms with Crippen LogP contribution in [-0.4, -0.2) is 44.0 Å². The quantitative estimate of drug-likeness (QED) is 0.875. The summed E-state index contributed by atoms with van der Waals surface area (Å²) < 4.78 is 28.3. The van der Waals surface area contributed by atoms with Crippen molar-refractivity contribution >= 4 is 15.7 Å². The van der Waals surface area contributed by atoms with E-state index in [2.05, 4.69) is 10.3 Å². The van der Waals surface area contributed by atoms with Crippen molar-refractivity contribution in [2.24, 2.45) is 0 Å². The standard InChI is InChI=1S/C18H20N2O4S/c1-24-17-5-3-2-4-14(17)8-13-9-15(11-19-10-13)18(21)20-16-6-7-25(22,23)12-16/h2-5,9-11,16H,6-8,12H2,1H3,(H,20,21)/t16-/m1/s1. The van der Waals surface area contributed by atoms with Crippen LogP contribution in [0.4, 0.5) is 0 Å². The van der Waals surface area contributed by atoms with Crippen LogP contribution in [0.3, 0.4) is 0 Å². The molecule has 2 aromatic rings. The van der Waals surface area contributed by atoms with Crippen molar-refractivity contribution in [1.82, 2.24) is 10.3 Å². The van der Waals surface area contributed by atoms with Crippen LogP contribution in [0, 0.1) is 0 Å². The first-order valence-electron chi connectivity index (χ1n) is 8.04. The van der Waals surface area contributed by atoms with E-state index in [1.54, 1.807) is 19.4 Å². The molecule has 1 fully saturated rings. The Morgan fingerprint density at radius 1 is 1.32 bits per heavy atom. The zero-order valence-corrected chi connectivity index (χ0v) is 14.8. The molecule has 1 atom stereocenters. The molecule has 7 heteroatoms. The second-order valence-electron chi connectivity index (χ2n) is 6.14. The maximum absolute atomic E-state index is 12.4. The van der Waals surface area contributed by atoms with Gasteiger partial charge in [-0.15, -0.1) is 0 Å². The van der Waals surface area contributed by atoms with Crippen molar-refractivity contribution < 1.29 is 17.9 Å². The normalized spacial score (nSPS) is 18.7. The number of carbonyl (C=O) groups is 1. The van der Waals surface area contributed by atoms with E-state index in [1.165, 1.54) is 6.20 Å². The summed E-state index contributed by atoms with van der Waals surface area (Å²) in [6.45, 7) is 0. The molecule has 0 radical (unpaired) electrons. The van der Waals surface area contributed by atoms with Crippen LogP contribution in [0.15, 0.2) is 42.7 Å². The van der Waals surface area contributed by atoms with Gasteiger partial charge in [-0.2, -0.15) is 0 Å². The monoisotopic (exact) mass is 360 g/mol. The number of amides is 1. The Morgan fingerprint density at radius 2 is 2.12 bits per heavy atom. The van der Waals surface area contributed by atoms with Crippen molar-refractivity contribution in [2.75, 3.05) is 18.6 Å². The molecule has 1 N–H and O–H groups in total. The van der Waals surface area contributed by atoms with E-state index in [0.717, 1.165) is 16.9 Å². The molecule has 6 nitrogen and oxygen atoms in total. The zero-order chi connectivity index (χ0) is 17.9. The number of aromatic nitrogens is 1. The third kappa shape index (κ3) is 4.36. The minimum atomic E-state index is -3.02. The lowest BCUT2D eigenvalue weighted by molar-refractivity contribution is 0.0940. The predicted octanol–water partition coefficient (Wildman–Crippen LogP) is 1.60. The topological polar surface area (TPSA) is 85.4 Å². The fourth-order valence-corrected chi connectivity index (χ4v) is 4.63. The number of nitrogens with one attached hydrogen (secondary N) is 1. The molecule has 0 spiro atoms. The summed E-state index contributed by atoms with van der Waals surface area (Å²) in [7, 11) is -1.40. The van der Waals surface area contributed by atoms with Crippen LogP contribution in [0.1, 0.15) is 27.9 Å². The Bertz CT molecular complexity index is 880. The first-order valence-corrected chi connectivity index (χ1v) is 9.86. The largest absolute Gasteiger partial charge is 0.496 e. The predicted molar refractivity (Wildman–Crippen MR) is 94.6 cm³/mol. The molecule has 1 amide bonds. The number of carbonyl (C=O) groups excluding carboxylic acids is 1. The van der Waals surface area contributed by atoms with Gasteiger partial charge in [0, 0.05) is 24.9 Å². The van der Waals surface area contributed by atoms with Gasteiger partial charge in [-0.3, -0.25) is 9.78 Å². The Balaban J connectivity index is 1.72. The lowest BCUT2D eigenvalue weighted by Crippen LogP contribution is -2.35. The van der Waals surface area contributed by atoms with Gasteiger partial charge in [0.15, 0.2) is 9.84 Å². The Kier molecular flexibility index (Phi) is 5.03. The Labute approximate surface area is 147 Å². The Hall–Kier alpha value is -2.41. The second kappa shape index (κ2) is 7.23. The first-order chi connectivity index (χ1) is 12.0. The van der Waals surface area contributed by atoms with E-state index in [0.29, 0.717) is 18.4 Å². The lowest BCUT2D eigenvalue weighted by atomic mass is 10.0. The summed E-state index contributed by atoms with van der Waals surface area (Å²) in [5.41, 5.74) is 2.32. The number of sulfone groups is 1. The number of hydrogen-bond acceptors (Lipinski definition) is 5. The summed E-state index contributed by atoms with van der Waals surface area (Å²) >= 11 is 0. The van der Waals surface area contributed by atoms with Crippen LogP contribution in [0.25, 0.3) is 0 Å². The molecule has 0 saturated carbocycles. The van der Waals surface area contributed by atoms with Gasteiger partial charge in [-0.25, -0.2) is 8.42 Å². The lowest BCUT2D eigenvalue weighted by Gasteiger charge is -2.12. The van der Waals surface area contributed by atoms with Gasteiger partial charge in [0.2, 0.25) is 0 Å². The van der Waals surface area contributed by atoms with Crippen molar-refractivity contribution in [3.05, 3.63) is 59.4 Å². The third-order valence-electron chi connectivity index (χ3n) is 4.21. The van der Waals surface area contributed by atoms with E-state index in [9.17, 15) is 13.2 Å². The van der Waals surface area contributed by atoms with E-state index in [1.807, 2.05) is 24.3 Å². The highest BCUT2D eigenvalue weighted by atomic mass is 32.2. The minimum absolute atomic E-state index is 0.00702. The molecule has 0 unspecified atom stereocenters. The van der Waals surface area contributed by atoms with Crippen LogP contribution in [-0.2, 0) is 16.3 Å². The highest BCUT2D eigenvalue weighted by molar-refractivity contribution is 7.91. The molecule has 2 heterocycles. The van der Waals surface area contributed by atoms with Gasteiger partial charge in [0.05, 0.1) is 24.2 Å². The molecule has 1 saturated heterocycles. The number of ether oxygens (including phenoxy) is 1. The first kappa shape index (κ1) is 17.4. The van der Waals surface area contributed by atoms with Crippen molar-refractivity contribution in [2.45, 2.75) is 18.9 Å². The molecule has 1 aliphatic heterocycles. The fourth-order valence-electron chi connectivity index (χ4n) is 2.95. The molecule has 1 aliphatic rings. The van der Waals surface area contributed by atoms with Crippen molar-refractivity contribution in [3.63, 3.8) is 0 Å². The van der Waals surface area contributed by atoms with Gasteiger partial charge in [0.1, 0.15) is 5.75 Å². The molecule has 25 heavy (non-hydrogen) atoms. The number of para-hydroxylation sites is 1. The highest BCUT2D eigenvalue weighted by Crippen LogP contribution is 2.21. The molecule has 1 aromatic heterocycles. The fraction of sp³-hybridized carbons (Fsp3) is 0.333. The average molecular weight is 360 g/mol. The minimum Gasteiger partial charge on any atom is -0.496 e. The van der Waals surface area contributed by atoms with Gasteiger partial charge in [-0.05, 0) is 29.7 Å². The average Bonchev–Trinajstić information content (AvgIpc) is 2.94. The van der Waals surface area contributed by atoms with Crippen molar-refractivity contribution in [3.8, 4) is 5.75 Å². The van der Waals surface area contributed by atoms with E-state index in [-0.39, 0.29) is 23.5 Å². The number of benzene rings is 1. The number of pyridine rings is 1. The third-order valence-corrected chi connectivity index (χ3v) is 5.98. The van der Waals surface area contributed by atoms with Crippen molar-refractivity contribution in [1.29, 1.82) is 0 Å². The Morgan fingerprint density at radius 3 is 2.84 bits per heavy atom. The molecular weight excluding hydrogens is 340 g/mol. The number of nitrogens with zero attached hydrogens (tertiary/aromatic N) is 1. The summed E-state index contributed by atoms with van der Waals surface area (Å²) in [5, 5.41) is 2.78. The van der Waals surface area contributed by atoms with Gasteiger partial charge in [-0.1, -0.05) is 18.2 Å².